The third-order valence-electron chi connectivity index (χ3n) is 3.66. The molecule has 0 aliphatic rings. The van der Waals surface area contributed by atoms with Crippen LogP contribution in [0.2, 0.25) is 0 Å². The number of methoxy groups -OCH3 is 1. The van der Waals surface area contributed by atoms with E-state index in [1.54, 1.807) is 7.11 Å². The molecule has 3 heteroatoms. The Labute approximate surface area is 121 Å². The summed E-state index contributed by atoms with van der Waals surface area (Å²) in [5.74, 6) is 1.65. The zero-order chi connectivity index (χ0) is 14.2. The maximum Gasteiger partial charge on any atom is 0.137 e. The van der Waals surface area contributed by atoms with Crippen molar-refractivity contribution in [2.75, 3.05) is 7.11 Å². The highest BCUT2D eigenvalue weighted by atomic mass is 16.5. The Hall–Kier alpha value is -2.81. The molecule has 0 saturated carbocycles. The minimum Gasteiger partial charge on any atom is -0.497 e. The van der Waals surface area contributed by atoms with Crippen molar-refractivity contribution in [3.63, 3.8) is 0 Å². The average molecular weight is 275 g/mol. The second-order valence-electron chi connectivity index (χ2n) is 4.92. The number of nitrogens with zero attached hydrogens (tertiary/aromatic N) is 1. The second kappa shape index (κ2) is 4.63. The van der Waals surface area contributed by atoms with E-state index in [4.69, 9.17) is 9.15 Å². The van der Waals surface area contributed by atoms with E-state index in [0.717, 1.165) is 38.8 Å². The Bertz CT molecular complexity index is 935. The van der Waals surface area contributed by atoms with Gasteiger partial charge in [0.25, 0.3) is 0 Å². The van der Waals surface area contributed by atoms with Crippen molar-refractivity contribution in [2.24, 2.45) is 0 Å². The van der Waals surface area contributed by atoms with Gasteiger partial charge in [0, 0.05) is 28.7 Å². The molecule has 3 nitrogen and oxygen atoms in total. The van der Waals surface area contributed by atoms with Gasteiger partial charge in [-0.25, -0.2) is 0 Å². The van der Waals surface area contributed by atoms with Gasteiger partial charge in [-0.05, 0) is 29.7 Å². The summed E-state index contributed by atoms with van der Waals surface area (Å²) >= 11 is 0. The summed E-state index contributed by atoms with van der Waals surface area (Å²) in [4.78, 5) is 4.31. The Morgan fingerprint density at radius 2 is 1.86 bits per heavy atom. The number of furan rings is 1. The van der Waals surface area contributed by atoms with Crippen molar-refractivity contribution in [1.29, 1.82) is 0 Å². The van der Waals surface area contributed by atoms with Crippen LogP contribution in [-0.4, -0.2) is 12.1 Å². The number of ether oxygens (including phenoxy) is 1. The molecule has 0 N–H and O–H groups in total. The largest absolute Gasteiger partial charge is 0.497 e. The molecule has 0 amide bonds. The van der Waals surface area contributed by atoms with Crippen molar-refractivity contribution in [3.8, 4) is 17.1 Å². The number of rotatable bonds is 2. The number of benzene rings is 2. The van der Waals surface area contributed by atoms with Gasteiger partial charge in [-0.15, -0.1) is 0 Å². The van der Waals surface area contributed by atoms with E-state index in [1.807, 2.05) is 48.8 Å². The predicted molar refractivity (Wildman–Crippen MR) is 83.5 cm³/mol. The molecule has 0 aliphatic heterocycles. The van der Waals surface area contributed by atoms with Crippen LogP contribution in [0.5, 0.6) is 5.75 Å². The predicted octanol–water partition coefficient (Wildman–Crippen LogP) is 4.66. The Morgan fingerprint density at radius 1 is 0.952 bits per heavy atom. The summed E-state index contributed by atoms with van der Waals surface area (Å²) in [7, 11) is 1.66. The van der Waals surface area contributed by atoms with E-state index in [9.17, 15) is 0 Å². The van der Waals surface area contributed by atoms with Gasteiger partial charge < -0.3 is 9.15 Å². The summed E-state index contributed by atoms with van der Waals surface area (Å²) in [6, 6.07) is 16.0. The molecule has 0 bridgehead atoms. The Balaban J connectivity index is 1.96. The van der Waals surface area contributed by atoms with E-state index in [-0.39, 0.29) is 0 Å². The summed E-state index contributed by atoms with van der Waals surface area (Å²) < 4.78 is 11.2. The minimum atomic E-state index is 0.822. The van der Waals surface area contributed by atoms with Gasteiger partial charge >= 0.3 is 0 Å². The topological polar surface area (TPSA) is 35.3 Å². The molecule has 0 radical (unpaired) electrons. The molecule has 0 spiro atoms. The van der Waals surface area contributed by atoms with Crippen molar-refractivity contribution in [2.45, 2.75) is 0 Å². The molecule has 2 aromatic heterocycles. The van der Waals surface area contributed by atoms with Gasteiger partial charge in [0.05, 0.1) is 7.11 Å². The molecule has 0 atom stereocenters. The van der Waals surface area contributed by atoms with Crippen molar-refractivity contribution in [3.05, 3.63) is 60.9 Å². The van der Waals surface area contributed by atoms with E-state index < -0.39 is 0 Å². The molecular formula is C18H13NO2. The molecule has 4 rings (SSSR count). The zero-order valence-corrected chi connectivity index (χ0v) is 11.5. The number of aromatic nitrogens is 1. The lowest BCUT2D eigenvalue weighted by Gasteiger charge is -2.02. The smallest absolute Gasteiger partial charge is 0.137 e. The van der Waals surface area contributed by atoms with Crippen LogP contribution in [0.4, 0.5) is 0 Å². The molecule has 0 aliphatic carbocycles. The Morgan fingerprint density at radius 3 is 2.76 bits per heavy atom. The fourth-order valence-electron chi connectivity index (χ4n) is 2.59. The fourth-order valence-corrected chi connectivity index (χ4v) is 2.59. The quantitative estimate of drug-likeness (QED) is 0.534. The van der Waals surface area contributed by atoms with Gasteiger partial charge in [0.1, 0.15) is 17.1 Å². The highest BCUT2D eigenvalue weighted by Gasteiger charge is 2.10. The summed E-state index contributed by atoms with van der Waals surface area (Å²) in [6.45, 7) is 0. The van der Waals surface area contributed by atoms with Crippen LogP contribution in [-0.2, 0) is 0 Å². The lowest BCUT2D eigenvalue weighted by atomic mass is 10.1. The summed E-state index contributed by atoms with van der Waals surface area (Å²) in [6.07, 6.45) is 3.71. The number of pyridine rings is 1. The average Bonchev–Trinajstić information content (AvgIpc) is 2.97. The molecular weight excluding hydrogens is 262 g/mol. The first-order valence-electron chi connectivity index (χ1n) is 6.76. The monoisotopic (exact) mass is 275 g/mol. The van der Waals surface area contributed by atoms with Crippen molar-refractivity contribution in [1.82, 2.24) is 4.98 Å². The molecule has 4 aromatic rings. The van der Waals surface area contributed by atoms with Crippen LogP contribution in [0.25, 0.3) is 33.1 Å². The molecule has 0 unspecified atom stereocenters. The third-order valence-corrected chi connectivity index (χ3v) is 3.66. The van der Waals surface area contributed by atoms with Gasteiger partial charge in [0.2, 0.25) is 0 Å². The van der Waals surface area contributed by atoms with Crippen LogP contribution in [0.15, 0.2) is 65.3 Å². The molecule has 0 fully saturated rings. The van der Waals surface area contributed by atoms with Crippen LogP contribution < -0.4 is 4.74 Å². The highest BCUT2D eigenvalue weighted by molar-refractivity contribution is 5.96. The van der Waals surface area contributed by atoms with E-state index in [2.05, 4.69) is 17.1 Å². The van der Waals surface area contributed by atoms with Crippen molar-refractivity contribution >= 4 is 21.7 Å². The lowest BCUT2D eigenvalue weighted by Crippen LogP contribution is -1.81. The molecule has 102 valence electrons. The van der Waals surface area contributed by atoms with E-state index in [0.29, 0.717) is 0 Å². The SMILES string of the molecule is COc1ccc2oc(-c3cncc4ccccc34)cc2c1. The van der Waals surface area contributed by atoms with Crippen LogP contribution in [0.1, 0.15) is 0 Å². The maximum atomic E-state index is 5.97. The minimum absolute atomic E-state index is 0.822. The molecule has 21 heavy (non-hydrogen) atoms. The first-order chi connectivity index (χ1) is 10.3. The van der Waals surface area contributed by atoms with Crippen LogP contribution in [0, 0.1) is 0 Å². The van der Waals surface area contributed by atoms with Gasteiger partial charge in [0.15, 0.2) is 0 Å². The maximum absolute atomic E-state index is 5.97. The lowest BCUT2D eigenvalue weighted by molar-refractivity contribution is 0.415. The van der Waals surface area contributed by atoms with E-state index in [1.165, 1.54) is 0 Å². The molecule has 2 aromatic carbocycles. The third kappa shape index (κ3) is 1.94. The standard InChI is InChI=1S/C18H13NO2/c1-20-14-6-7-17-13(8-14)9-18(21-17)16-11-19-10-12-4-2-3-5-15(12)16/h2-11H,1H3. The van der Waals surface area contributed by atoms with Gasteiger partial charge in [-0.3, -0.25) is 4.98 Å². The molecule has 0 saturated heterocycles. The number of fused-ring (bicyclic) bond motifs is 2. The van der Waals surface area contributed by atoms with Gasteiger partial charge in [-0.2, -0.15) is 0 Å². The summed E-state index contributed by atoms with van der Waals surface area (Å²) in [5, 5.41) is 3.27. The zero-order valence-electron chi connectivity index (χ0n) is 11.5. The fraction of sp³-hybridized carbons (Fsp3) is 0.0556. The number of hydrogen-bond donors (Lipinski definition) is 0. The first-order valence-corrected chi connectivity index (χ1v) is 6.76. The van der Waals surface area contributed by atoms with Gasteiger partial charge in [-0.1, -0.05) is 24.3 Å². The summed E-state index contributed by atoms with van der Waals surface area (Å²) in [5.41, 5.74) is 1.85. The van der Waals surface area contributed by atoms with E-state index >= 15 is 0 Å². The normalized spacial score (nSPS) is 11.1. The first kappa shape index (κ1) is 12.0. The molecule has 2 heterocycles. The van der Waals surface area contributed by atoms with Crippen LogP contribution in [0.3, 0.4) is 0 Å². The van der Waals surface area contributed by atoms with Crippen LogP contribution >= 0.6 is 0 Å². The second-order valence-corrected chi connectivity index (χ2v) is 4.92. The number of hydrogen-bond acceptors (Lipinski definition) is 3. The Kier molecular flexibility index (Phi) is 2.64. The highest BCUT2D eigenvalue weighted by Crippen LogP contribution is 2.33. The van der Waals surface area contributed by atoms with Crippen molar-refractivity contribution < 1.29 is 9.15 Å².